The van der Waals surface area contributed by atoms with Gasteiger partial charge in [0, 0.05) is 0 Å². The summed E-state index contributed by atoms with van der Waals surface area (Å²) < 4.78 is 11.1. The predicted octanol–water partition coefficient (Wildman–Crippen LogP) is 2.68. The van der Waals surface area contributed by atoms with E-state index in [2.05, 4.69) is 11.2 Å². The minimum Gasteiger partial charge on any atom is -0.488 e. The monoisotopic (exact) mass is 260 g/mol. The normalized spacial score (nSPS) is 10.7. The number of nitrogens with zero attached hydrogens (tertiary/aromatic N) is 1. The minimum atomic E-state index is 0.476. The average Bonchev–Trinajstić information content (AvgIpc) is 2.69. The van der Waals surface area contributed by atoms with Crippen LogP contribution in [0.3, 0.4) is 0 Å². The molecule has 2 rings (SSSR count). The lowest BCUT2D eigenvalue weighted by Crippen LogP contribution is -2.07. The number of rotatable bonds is 5. The zero-order chi connectivity index (χ0) is 13.8. The van der Waals surface area contributed by atoms with E-state index in [0.717, 1.165) is 40.3 Å². The molecule has 0 atom stereocenters. The summed E-state index contributed by atoms with van der Waals surface area (Å²) >= 11 is 0. The van der Waals surface area contributed by atoms with Crippen LogP contribution >= 0.6 is 0 Å². The fraction of sp³-hybridized carbons (Fsp3) is 0.400. The Labute approximate surface area is 113 Å². The molecular formula is C15H20N2O2. The number of benzene rings is 1. The predicted molar refractivity (Wildman–Crippen MR) is 74.2 cm³/mol. The quantitative estimate of drug-likeness (QED) is 0.897. The second-order valence-corrected chi connectivity index (χ2v) is 4.69. The van der Waals surface area contributed by atoms with Gasteiger partial charge in [0.05, 0.1) is 11.3 Å². The lowest BCUT2D eigenvalue weighted by molar-refractivity contribution is 0.296. The standard InChI is InChI=1S/C15H20N2O2/c1-10-5-4-6-13(7-8-16)15(10)18-9-14-11(2)17-19-12(14)3/h4-6H,7-9,16H2,1-3H3. The lowest BCUT2D eigenvalue weighted by Gasteiger charge is -2.13. The molecular weight excluding hydrogens is 240 g/mol. The number of aromatic nitrogens is 1. The van der Waals surface area contributed by atoms with Crippen LogP contribution in [0.25, 0.3) is 0 Å². The van der Waals surface area contributed by atoms with Gasteiger partial charge in [-0.2, -0.15) is 0 Å². The summed E-state index contributed by atoms with van der Waals surface area (Å²) in [5, 5.41) is 3.93. The Balaban J connectivity index is 2.19. The van der Waals surface area contributed by atoms with Crippen molar-refractivity contribution in [1.82, 2.24) is 5.16 Å². The number of aryl methyl sites for hydroxylation is 3. The molecule has 0 saturated carbocycles. The van der Waals surface area contributed by atoms with Crippen molar-refractivity contribution in [3.8, 4) is 5.75 Å². The molecule has 0 bridgehead atoms. The van der Waals surface area contributed by atoms with Crippen LogP contribution in [0.4, 0.5) is 0 Å². The molecule has 0 saturated heterocycles. The SMILES string of the molecule is Cc1cccc(CCN)c1OCc1c(C)noc1C. The lowest BCUT2D eigenvalue weighted by atomic mass is 10.1. The van der Waals surface area contributed by atoms with Crippen molar-refractivity contribution < 1.29 is 9.26 Å². The topological polar surface area (TPSA) is 61.3 Å². The van der Waals surface area contributed by atoms with Gasteiger partial charge < -0.3 is 15.0 Å². The van der Waals surface area contributed by atoms with Crippen molar-refractivity contribution in [2.75, 3.05) is 6.54 Å². The van der Waals surface area contributed by atoms with E-state index in [9.17, 15) is 0 Å². The molecule has 1 aromatic carbocycles. The first-order chi connectivity index (χ1) is 9.13. The van der Waals surface area contributed by atoms with Gasteiger partial charge in [0.1, 0.15) is 18.1 Å². The summed E-state index contributed by atoms with van der Waals surface area (Å²) in [6.45, 7) is 6.96. The molecule has 0 aliphatic heterocycles. The van der Waals surface area contributed by atoms with Gasteiger partial charge in [-0.05, 0) is 44.9 Å². The van der Waals surface area contributed by atoms with Crippen LogP contribution in [0.2, 0.25) is 0 Å². The van der Waals surface area contributed by atoms with Gasteiger partial charge >= 0.3 is 0 Å². The second-order valence-electron chi connectivity index (χ2n) is 4.69. The molecule has 0 unspecified atom stereocenters. The Morgan fingerprint density at radius 2 is 2.05 bits per heavy atom. The first-order valence-electron chi connectivity index (χ1n) is 6.46. The fourth-order valence-corrected chi connectivity index (χ4v) is 2.12. The maximum atomic E-state index is 5.97. The molecule has 2 N–H and O–H groups in total. The van der Waals surface area contributed by atoms with E-state index < -0.39 is 0 Å². The van der Waals surface area contributed by atoms with E-state index in [1.807, 2.05) is 32.9 Å². The molecule has 0 amide bonds. The van der Waals surface area contributed by atoms with Gasteiger partial charge in [0.15, 0.2) is 0 Å². The highest BCUT2D eigenvalue weighted by Crippen LogP contribution is 2.25. The molecule has 0 radical (unpaired) electrons. The largest absolute Gasteiger partial charge is 0.488 e. The van der Waals surface area contributed by atoms with Crippen LogP contribution in [0, 0.1) is 20.8 Å². The first kappa shape index (κ1) is 13.6. The van der Waals surface area contributed by atoms with Crippen molar-refractivity contribution in [1.29, 1.82) is 0 Å². The molecule has 4 heteroatoms. The third-order valence-electron chi connectivity index (χ3n) is 3.25. The van der Waals surface area contributed by atoms with Crippen LogP contribution in [0.5, 0.6) is 5.75 Å². The Morgan fingerprint density at radius 1 is 1.26 bits per heavy atom. The van der Waals surface area contributed by atoms with Crippen molar-refractivity contribution in [2.45, 2.75) is 33.8 Å². The van der Waals surface area contributed by atoms with E-state index >= 15 is 0 Å². The van der Waals surface area contributed by atoms with Crippen LogP contribution in [-0.2, 0) is 13.0 Å². The van der Waals surface area contributed by atoms with Crippen LogP contribution in [-0.4, -0.2) is 11.7 Å². The zero-order valence-electron chi connectivity index (χ0n) is 11.7. The number of ether oxygens (including phenoxy) is 1. The summed E-state index contributed by atoms with van der Waals surface area (Å²) in [5.74, 6) is 1.74. The van der Waals surface area contributed by atoms with Crippen LogP contribution in [0.1, 0.15) is 28.1 Å². The zero-order valence-corrected chi connectivity index (χ0v) is 11.7. The van der Waals surface area contributed by atoms with E-state index in [4.69, 9.17) is 15.0 Å². The van der Waals surface area contributed by atoms with Gasteiger partial charge in [-0.1, -0.05) is 23.4 Å². The van der Waals surface area contributed by atoms with Crippen molar-refractivity contribution in [3.05, 3.63) is 46.3 Å². The maximum absolute atomic E-state index is 5.97. The number of hydrogen-bond donors (Lipinski definition) is 1. The van der Waals surface area contributed by atoms with Crippen molar-refractivity contribution in [3.63, 3.8) is 0 Å². The summed E-state index contributed by atoms with van der Waals surface area (Å²) in [6.07, 6.45) is 0.818. The van der Waals surface area contributed by atoms with E-state index in [-0.39, 0.29) is 0 Å². The first-order valence-corrected chi connectivity index (χ1v) is 6.46. The van der Waals surface area contributed by atoms with E-state index in [0.29, 0.717) is 13.2 Å². The summed E-state index contributed by atoms with van der Waals surface area (Å²) in [5.41, 5.74) is 9.80. The third kappa shape index (κ3) is 2.96. The molecule has 0 fully saturated rings. The van der Waals surface area contributed by atoms with Gasteiger partial charge in [-0.15, -0.1) is 0 Å². The number of para-hydroxylation sites is 1. The van der Waals surface area contributed by atoms with Gasteiger partial charge in [0.2, 0.25) is 0 Å². The van der Waals surface area contributed by atoms with E-state index in [1.165, 1.54) is 0 Å². The molecule has 0 aliphatic rings. The second kappa shape index (κ2) is 5.89. The highest BCUT2D eigenvalue weighted by atomic mass is 16.5. The summed E-state index contributed by atoms with van der Waals surface area (Å²) in [7, 11) is 0. The maximum Gasteiger partial charge on any atom is 0.140 e. The smallest absolute Gasteiger partial charge is 0.140 e. The number of hydrogen-bond acceptors (Lipinski definition) is 4. The molecule has 0 aliphatic carbocycles. The molecule has 0 spiro atoms. The third-order valence-corrected chi connectivity index (χ3v) is 3.25. The Morgan fingerprint density at radius 3 is 2.68 bits per heavy atom. The Hall–Kier alpha value is -1.81. The van der Waals surface area contributed by atoms with E-state index in [1.54, 1.807) is 0 Å². The Bertz CT molecular complexity index is 542. The molecule has 1 heterocycles. The molecule has 2 aromatic rings. The highest BCUT2D eigenvalue weighted by molar-refractivity contribution is 5.41. The van der Waals surface area contributed by atoms with Gasteiger partial charge in [-0.25, -0.2) is 0 Å². The molecule has 1 aromatic heterocycles. The van der Waals surface area contributed by atoms with Crippen molar-refractivity contribution >= 4 is 0 Å². The molecule has 4 nitrogen and oxygen atoms in total. The summed E-state index contributed by atoms with van der Waals surface area (Å²) in [6, 6.07) is 6.13. The molecule has 19 heavy (non-hydrogen) atoms. The van der Waals surface area contributed by atoms with Crippen molar-refractivity contribution in [2.24, 2.45) is 5.73 Å². The minimum absolute atomic E-state index is 0.476. The van der Waals surface area contributed by atoms with Crippen LogP contribution in [0.15, 0.2) is 22.7 Å². The highest BCUT2D eigenvalue weighted by Gasteiger charge is 2.12. The van der Waals surface area contributed by atoms with Gasteiger partial charge in [-0.3, -0.25) is 0 Å². The molecule has 102 valence electrons. The summed E-state index contributed by atoms with van der Waals surface area (Å²) in [4.78, 5) is 0. The van der Waals surface area contributed by atoms with Crippen LogP contribution < -0.4 is 10.5 Å². The number of nitrogens with two attached hydrogens (primary N) is 1. The Kier molecular flexibility index (Phi) is 4.22. The average molecular weight is 260 g/mol. The van der Waals surface area contributed by atoms with Gasteiger partial charge in [0.25, 0.3) is 0 Å². The fourth-order valence-electron chi connectivity index (χ4n) is 2.12.